The number of ether oxygens (including phenoxy) is 2. The molecule has 0 amide bonds. The quantitative estimate of drug-likeness (QED) is 0.656. The van der Waals surface area contributed by atoms with Crippen LogP contribution in [0.25, 0.3) is 0 Å². The average Bonchev–Trinajstić information content (AvgIpc) is 2.51. The maximum absolute atomic E-state index is 8.59. The second kappa shape index (κ2) is 8.93. The summed E-state index contributed by atoms with van der Waals surface area (Å²) in [5, 5.41) is 11.9. The third-order valence-corrected chi connectivity index (χ3v) is 3.04. The number of morpholine rings is 1. The van der Waals surface area contributed by atoms with Crippen LogP contribution in [0, 0.1) is 0 Å². The molecule has 0 atom stereocenters. The highest BCUT2D eigenvalue weighted by Gasteiger charge is 2.15. The lowest BCUT2D eigenvalue weighted by atomic mass is 10.4. The average molecular weight is 318 g/mol. The molecule has 21 heavy (non-hydrogen) atoms. The van der Waals surface area contributed by atoms with Gasteiger partial charge in [0.15, 0.2) is 0 Å². The first-order valence-electron chi connectivity index (χ1n) is 6.96. The van der Waals surface area contributed by atoms with Gasteiger partial charge in [-0.25, -0.2) is 0 Å². The Kier molecular flexibility index (Phi) is 6.87. The standard InChI is InChI=1S/C12H20ClN5O3/c13-10-15-11(14-2-1-6-20-9-5-19)17-12(16-10)18-3-7-21-8-4-18/h19H,1-9H2,(H,14,15,16,17). The molecule has 2 N–H and O–H groups in total. The summed E-state index contributed by atoms with van der Waals surface area (Å²) in [6, 6.07) is 0. The van der Waals surface area contributed by atoms with Crippen molar-refractivity contribution >= 4 is 23.5 Å². The first-order chi connectivity index (χ1) is 10.3. The molecule has 1 aromatic rings. The Hall–Kier alpha value is -1.22. The number of halogens is 1. The Balaban J connectivity index is 1.83. The Morgan fingerprint density at radius 3 is 2.81 bits per heavy atom. The minimum atomic E-state index is 0.0411. The van der Waals surface area contributed by atoms with E-state index in [0.29, 0.717) is 44.9 Å². The van der Waals surface area contributed by atoms with E-state index in [4.69, 9.17) is 26.2 Å². The third-order valence-electron chi connectivity index (χ3n) is 2.87. The van der Waals surface area contributed by atoms with E-state index in [1.807, 2.05) is 4.90 Å². The van der Waals surface area contributed by atoms with Gasteiger partial charge in [0.25, 0.3) is 0 Å². The Morgan fingerprint density at radius 2 is 2.05 bits per heavy atom. The Bertz CT molecular complexity index is 431. The van der Waals surface area contributed by atoms with E-state index in [1.54, 1.807) is 0 Å². The zero-order chi connectivity index (χ0) is 14.9. The van der Waals surface area contributed by atoms with E-state index in [-0.39, 0.29) is 11.9 Å². The molecular weight excluding hydrogens is 298 g/mol. The largest absolute Gasteiger partial charge is 0.394 e. The van der Waals surface area contributed by atoms with Crippen LogP contribution in [0.4, 0.5) is 11.9 Å². The normalized spacial score (nSPS) is 15.2. The summed E-state index contributed by atoms with van der Waals surface area (Å²) >= 11 is 5.94. The minimum absolute atomic E-state index is 0.0411. The summed E-state index contributed by atoms with van der Waals surface area (Å²) in [7, 11) is 0. The number of rotatable bonds is 8. The van der Waals surface area contributed by atoms with Crippen LogP contribution in [-0.2, 0) is 9.47 Å². The molecule has 9 heteroatoms. The minimum Gasteiger partial charge on any atom is -0.394 e. The highest BCUT2D eigenvalue weighted by molar-refractivity contribution is 6.28. The van der Waals surface area contributed by atoms with Gasteiger partial charge < -0.3 is 24.8 Å². The number of anilines is 2. The lowest BCUT2D eigenvalue weighted by Crippen LogP contribution is -2.37. The zero-order valence-electron chi connectivity index (χ0n) is 11.8. The maximum Gasteiger partial charge on any atom is 0.231 e. The van der Waals surface area contributed by atoms with Crippen molar-refractivity contribution in [3.8, 4) is 0 Å². The van der Waals surface area contributed by atoms with Crippen LogP contribution < -0.4 is 10.2 Å². The first kappa shape index (κ1) is 16.2. The molecule has 8 nitrogen and oxygen atoms in total. The number of nitrogens with zero attached hydrogens (tertiary/aromatic N) is 4. The maximum atomic E-state index is 8.59. The van der Waals surface area contributed by atoms with Gasteiger partial charge in [-0.2, -0.15) is 15.0 Å². The van der Waals surface area contributed by atoms with Crippen LogP contribution in [0.1, 0.15) is 6.42 Å². The second-order valence-electron chi connectivity index (χ2n) is 4.44. The molecule has 0 saturated carbocycles. The van der Waals surface area contributed by atoms with E-state index in [9.17, 15) is 0 Å². The van der Waals surface area contributed by atoms with Crippen molar-refractivity contribution in [3.05, 3.63) is 5.28 Å². The SMILES string of the molecule is OCCOCCCNc1nc(Cl)nc(N2CCOCC2)n1. The van der Waals surface area contributed by atoms with Crippen molar-refractivity contribution in [1.29, 1.82) is 0 Å². The predicted octanol–water partition coefficient (Wildman–Crippen LogP) is 0.172. The van der Waals surface area contributed by atoms with Crippen LogP contribution in [0.15, 0.2) is 0 Å². The van der Waals surface area contributed by atoms with Gasteiger partial charge in [0.1, 0.15) is 0 Å². The van der Waals surface area contributed by atoms with Gasteiger partial charge in [0, 0.05) is 26.2 Å². The molecule has 0 unspecified atom stereocenters. The lowest BCUT2D eigenvalue weighted by Gasteiger charge is -2.26. The van der Waals surface area contributed by atoms with E-state index in [1.165, 1.54) is 0 Å². The Labute approximate surface area is 128 Å². The van der Waals surface area contributed by atoms with Crippen molar-refractivity contribution in [2.24, 2.45) is 0 Å². The molecule has 1 fully saturated rings. The Morgan fingerprint density at radius 1 is 1.24 bits per heavy atom. The van der Waals surface area contributed by atoms with Crippen LogP contribution in [0.2, 0.25) is 5.28 Å². The molecule has 1 saturated heterocycles. The van der Waals surface area contributed by atoms with E-state index in [2.05, 4.69) is 20.3 Å². The molecule has 1 aliphatic heterocycles. The lowest BCUT2D eigenvalue weighted by molar-refractivity contribution is 0.0921. The molecule has 0 aliphatic carbocycles. The molecule has 0 radical (unpaired) electrons. The van der Waals surface area contributed by atoms with Gasteiger partial charge in [0.05, 0.1) is 26.4 Å². The van der Waals surface area contributed by atoms with Crippen molar-refractivity contribution in [2.75, 3.05) is 62.9 Å². The van der Waals surface area contributed by atoms with Crippen molar-refractivity contribution < 1.29 is 14.6 Å². The van der Waals surface area contributed by atoms with E-state index < -0.39 is 0 Å². The number of aliphatic hydroxyl groups excluding tert-OH is 1. The number of aliphatic hydroxyl groups is 1. The number of hydrogen-bond acceptors (Lipinski definition) is 8. The number of nitrogens with one attached hydrogen (secondary N) is 1. The van der Waals surface area contributed by atoms with E-state index in [0.717, 1.165) is 19.5 Å². The first-order valence-corrected chi connectivity index (χ1v) is 7.34. The molecule has 1 aromatic heterocycles. The van der Waals surface area contributed by atoms with Gasteiger partial charge in [-0.1, -0.05) is 0 Å². The van der Waals surface area contributed by atoms with Gasteiger partial charge in [-0.15, -0.1) is 0 Å². The molecule has 2 rings (SSSR count). The van der Waals surface area contributed by atoms with Gasteiger partial charge in [-0.05, 0) is 18.0 Å². The van der Waals surface area contributed by atoms with Crippen molar-refractivity contribution in [2.45, 2.75) is 6.42 Å². The van der Waals surface area contributed by atoms with Crippen LogP contribution >= 0.6 is 11.6 Å². The zero-order valence-corrected chi connectivity index (χ0v) is 12.6. The molecule has 0 aromatic carbocycles. The van der Waals surface area contributed by atoms with Gasteiger partial charge in [0.2, 0.25) is 17.2 Å². The summed E-state index contributed by atoms with van der Waals surface area (Å²) in [6.45, 7) is 4.45. The van der Waals surface area contributed by atoms with Gasteiger partial charge >= 0.3 is 0 Å². The van der Waals surface area contributed by atoms with Crippen LogP contribution in [-0.4, -0.2) is 72.7 Å². The monoisotopic (exact) mass is 317 g/mol. The highest BCUT2D eigenvalue weighted by Crippen LogP contribution is 2.14. The fourth-order valence-corrected chi connectivity index (χ4v) is 2.02. The van der Waals surface area contributed by atoms with Crippen molar-refractivity contribution in [3.63, 3.8) is 0 Å². The second-order valence-corrected chi connectivity index (χ2v) is 4.78. The fourth-order valence-electron chi connectivity index (χ4n) is 1.86. The van der Waals surface area contributed by atoms with Gasteiger partial charge in [-0.3, -0.25) is 0 Å². The summed E-state index contributed by atoms with van der Waals surface area (Å²) in [5.41, 5.74) is 0. The molecule has 1 aliphatic rings. The summed E-state index contributed by atoms with van der Waals surface area (Å²) in [6.07, 6.45) is 0.788. The third kappa shape index (κ3) is 5.58. The fraction of sp³-hybridized carbons (Fsp3) is 0.750. The van der Waals surface area contributed by atoms with E-state index >= 15 is 0 Å². The molecule has 118 valence electrons. The smallest absolute Gasteiger partial charge is 0.231 e. The van der Waals surface area contributed by atoms with Crippen LogP contribution in [0.5, 0.6) is 0 Å². The molecular formula is C12H20ClN5O3. The number of hydrogen-bond donors (Lipinski definition) is 2. The number of aromatic nitrogens is 3. The van der Waals surface area contributed by atoms with Crippen molar-refractivity contribution in [1.82, 2.24) is 15.0 Å². The summed E-state index contributed by atoms with van der Waals surface area (Å²) in [5.74, 6) is 1.02. The topological polar surface area (TPSA) is 92.6 Å². The molecule has 0 bridgehead atoms. The van der Waals surface area contributed by atoms with Crippen LogP contribution in [0.3, 0.4) is 0 Å². The molecule has 2 heterocycles. The predicted molar refractivity (Wildman–Crippen MR) is 78.9 cm³/mol. The molecule has 0 spiro atoms. The summed E-state index contributed by atoms with van der Waals surface area (Å²) in [4.78, 5) is 14.6. The highest BCUT2D eigenvalue weighted by atomic mass is 35.5. The summed E-state index contributed by atoms with van der Waals surface area (Å²) < 4.78 is 10.5.